The Morgan fingerprint density at radius 2 is 1.75 bits per heavy atom. The SMILES string of the molecule is NC1CCC(NC(=O)c2ccc3c(c2)CCCC3)CC1. The second-order valence-corrected chi connectivity index (χ2v) is 6.28. The average molecular weight is 272 g/mol. The molecule has 0 spiro atoms. The van der Waals surface area contributed by atoms with Gasteiger partial charge in [-0.25, -0.2) is 0 Å². The van der Waals surface area contributed by atoms with Crippen molar-refractivity contribution in [2.45, 2.75) is 63.5 Å². The van der Waals surface area contributed by atoms with Gasteiger partial charge in [-0.2, -0.15) is 0 Å². The van der Waals surface area contributed by atoms with Gasteiger partial charge in [0.05, 0.1) is 0 Å². The summed E-state index contributed by atoms with van der Waals surface area (Å²) in [4.78, 5) is 12.3. The van der Waals surface area contributed by atoms with Crippen molar-refractivity contribution < 1.29 is 4.79 Å². The van der Waals surface area contributed by atoms with Crippen LogP contribution in [0.5, 0.6) is 0 Å². The summed E-state index contributed by atoms with van der Waals surface area (Å²) in [5.41, 5.74) is 9.52. The van der Waals surface area contributed by atoms with Gasteiger partial charge in [0.2, 0.25) is 0 Å². The molecule has 1 saturated carbocycles. The number of amides is 1. The van der Waals surface area contributed by atoms with Crippen molar-refractivity contribution in [3.05, 3.63) is 34.9 Å². The Bertz CT molecular complexity index is 490. The third-order valence-corrected chi connectivity index (χ3v) is 4.72. The van der Waals surface area contributed by atoms with Crippen LogP contribution in [0.2, 0.25) is 0 Å². The Morgan fingerprint density at radius 3 is 2.50 bits per heavy atom. The van der Waals surface area contributed by atoms with E-state index in [1.165, 1.54) is 24.0 Å². The van der Waals surface area contributed by atoms with Crippen molar-refractivity contribution in [2.75, 3.05) is 0 Å². The van der Waals surface area contributed by atoms with Crippen LogP contribution in [0, 0.1) is 0 Å². The number of aryl methyl sites for hydroxylation is 2. The highest BCUT2D eigenvalue weighted by atomic mass is 16.1. The van der Waals surface area contributed by atoms with E-state index in [-0.39, 0.29) is 5.91 Å². The lowest BCUT2D eigenvalue weighted by Crippen LogP contribution is -2.40. The third kappa shape index (κ3) is 3.04. The quantitative estimate of drug-likeness (QED) is 0.869. The summed E-state index contributed by atoms with van der Waals surface area (Å²) in [6.07, 6.45) is 8.88. The van der Waals surface area contributed by atoms with Crippen molar-refractivity contribution in [1.82, 2.24) is 5.32 Å². The molecule has 3 N–H and O–H groups in total. The van der Waals surface area contributed by atoms with E-state index in [9.17, 15) is 4.79 Å². The maximum absolute atomic E-state index is 12.3. The topological polar surface area (TPSA) is 55.1 Å². The molecule has 108 valence electrons. The first-order valence-corrected chi connectivity index (χ1v) is 7.90. The van der Waals surface area contributed by atoms with Gasteiger partial charge in [0.25, 0.3) is 5.91 Å². The molecule has 0 saturated heterocycles. The highest BCUT2D eigenvalue weighted by Gasteiger charge is 2.21. The summed E-state index contributed by atoms with van der Waals surface area (Å²) in [5, 5.41) is 3.17. The van der Waals surface area contributed by atoms with Gasteiger partial charge in [0, 0.05) is 17.6 Å². The molecule has 0 aromatic heterocycles. The van der Waals surface area contributed by atoms with E-state index in [2.05, 4.69) is 17.4 Å². The molecular formula is C17H24N2O. The molecule has 0 bridgehead atoms. The zero-order chi connectivity index (χ0) is 13.9. The zero-order valence-corrected chi connectivity index (χ0v) is 12.0. The average Bonchev–Trinajstić information content (AvgIpc) is 2.49. The highest BCUT2D eigenvalue weighted by Crippen LogP contribution is 2.23. The molecule has 0 aliphatic heterocycles. The van der Waals surface area contributed by atoms with Crippen molar-refractivity contribution >= 4 is 5.91 Å². The maximum Gasteiger partial charge on any atom is 0.251 e. The Morgan fingerprint density at radius 1 is 1.05 bits per heavy atom. The molecule has 0 radical (unpaired) electrons. The Labute approximate surface area is 120 Å². The summed E-state index contributed by atoms with van der Waals surface area (Å²) in [6, 6.07) is 6.84. The van der Waals surface area contributed by atoms with E-state index in [4.69, 9.17) is 5.73 Å². The lowest BCUT2D eigenvalue weighted by atomic mass is 9.89. The maximum atomic E-state index is 12.3. The van der Waals surface area contributed by atoms with Crippen LogP contribution in [0.25, 0.3) is 0 Å². The Kier molecular flexibility index (Phi) is 4.06. The van der Waals surface area contributed by atoms with Crippen molar-refractivity contribution in [3.63, 3.8) is 0 Å². The molecule has 1 aromatic carbocycles. The lowest BCUT2D eigenvalue weighted by Gasteiger charge is -2.27. The van der Waals surface area contributed by atoms with Gasteiger partial charge < -0.3 is 11.1 Å². The summed E-state index contributed by atoms with van der Waals surface area (Å²) >= 11 is 0. The molecule has 1 fully saturated rings. The predicted octanol–water partition coefficient (Wildman–Crippen LogP) is 2.57. The van der Waals surface area contributed by atoms with Crippen LogP contribution in [0.4, 0.5) is 0 Å². The van der Waals surface area contributed by atoms with E-state index in [1.807, 2.05) is 6.07 Å². The molecule has 3 nitrogen and oxygen atoms in total. The number of nitrogens with two attached hydrogens (primary N) is 1. The van der Waals surface area contributed by atoms with Crippen LogP contribution in [-0.2, 0) is 12.8 Å². The number of carbonyl (C=O) groups is 1. The lowest BCUT2D eigenvalue weighted by molar-refractivity contribution is 0.0925. The fraction of sp³-hybridized carbons (Fsp3) is 0.588. The van der Waals surface area contributed by atoms with Crippen molar-refractivity contribution in [1.29, 1.82) is 0 Å². The van der Waals surface area contributed by atoms with Crippen LogP contribution in [0.3, 0.4) is 0 Å². The minimum Gasteiger partial charge on any atom is -0.349 e. The molecule has 0 heterocycles. The molecule has 3 rings (SSSR count). The number of nitrogens with one attached hydrogen (secondary N) is 1. The van der Waals surface area contributed by atoms with E-state index in [1.54, 1.807) is 0 Å². The zero-order valence-electron chi connectivity index (χ0n) is 12.0. The molecule has 20 heavy (non-hydrogen) atoms. The minimum absolute atomic E-state index is 0.0823. The monoisotopic (exact) mass is 272 g/mol. The number of rotatable bonds is 2. The number of hydrogen-bond acceptors (Lipinski definition) is 2. The number of benzene rings is 1. The van der Waals surface area contributed by atoms with Gasteiger partial charge in [-0.05, 0) is 74.6 Å². The standard InChI is InChI=1S/C17H24N2O/c18-15-7-9-16(10-8-15)19-17(20)14-6-5-12-3-1-2-4-13(12)11-14/h5-6,11,15-16H,1-4,7-10,18H2,(H,19,20). The molecule has 0 atom stereocenters. The molecule has 1 amide bonds. The van der Waals surface area contributed by atoms with Crippen LogP contribution in [-0.4, -0.2) is 18.0 Å². The second-order valence-electron chi connectivity index (χ2n) is 6.28. The number of hydrogen-bond donors (Lipinski definition) is 2. The first-order valence-electron chi connectivity index (χ1n) is 7.90. The highest BCUT2D eigenvalue weighted by molar-refractivity contribution is 5.94. The molecular weight excluding hydrogens is 248 g/mol. The van der Waals surface area contributed by atoms with E-state index in [0.29, 0.717) is 12.1 Å². The van der Waals surface area contributed by atoms with Crippen molar-refractivity contribution in [2.24, 2.45) is 5.73 Å². The van der Waals surface area contributed by atoms with Crippen LogP contribution in [0.1, 0.15) is 60.0 Å². The fourth-order valence-corrected chi connectivity index (χ4v) is 3.41. The van der Waals surface area contributed by atoms with Crippen LogP contribution in [0.15, 0.2) is 18.2 Å². The van der Waals surface area contributed by atoms with Crippen LogP contribution >= 0.6 is 0 Å². The third-order valence-electron chi connectivity index (χ3n) is 4.72. The van der Waals surface area contributed by atoms with Gasteiger partial charge in [-0.1, -0.05) is 6.07 Å². The normalized spacial score (nSPS) is 25.9. The smallest absolute Gasteiger partial charge is 0.251 e. The molecule has 2 aliphatic rings. The van der Waals surface area contributed by atoms with Gasteiger partial charge in [-0.15, -0.1) is 0 Å². The van der Waals surface area contributed by atoms with Crippen LogP contribution < -0.4 is 11.1 Å². The summed E-state index contributed by atoms with van der Waals surface area (Å²) in [6.45, 7) is 0. The second kappa shape index (κ2) is 5.96. The number of fused-ring (bicyclic) bond motifs is 1. The Balaban J connectivity index is 1.65. The van der Waals surface area contributed by atoms with Gasteiger partial charge >= 0.3 is 0 Å². The molecule has 2 aliphatic carbocycles. The van der Waals surface area contributed by atoms with Gasteiger partial charge in [0.1, 0.15) is 0 Å². The van der Waals surface area contributed by atoms with E-state index < -0.39 is 0 Å². The minimum atomic E-state index is 0.0823. The first kappa shape index (κ1) is 13.6. The van der Waals surface area contributed by atoms with E-state index in [0.717, 1.165) is 44.1 Å². The summed E-state index contributed by atoms with van der Waals surface area (Å²) < 4.78 is 0. The van der Waals surface area contributed by atoms with E-state index >= 15 is 0 Å². The van der Waals surface area contributed by atoms with Gasteiger partial charge in [-0.3, -0.25) is 4.79 Å². The van der Waals surface area contributed by atoms with Crippen molar-refractivity contribution in [3.8, 4) is 0 Å². The first-order chi connectivity index (χ1) is 9.72. The molecule has 3 heteroatoms. The fourth-order valence-electron chi connectivity index (χ4n) is 3.41. The van der Waals surface area contributed by atoms with Gasteiger partial charge in [0.15, 0.2) is 0 Å². The summed E-state index contributed by atoms with van der Waals surface area (Å²) in [7, 11) is 0. The predicted molar refractivity (Wildman–Crippen MR) is 80.8 cm³/mol. The molecule has 0 unspecified atom stereocenters. The summed E-state index contributed by atoms with van der Waals surface area (Å²) in [5.74, 6) is 0.0823. The Hall–Kier alpha value is -1.35. The molecule has 1 aromatic rings. The number of carbonyl (C=O) groups excluding carboxylic acids is 1. The largest absolute Gasteiger partial charge is 0.349 e.